The summed E-state index contributed by atoms with van der Waals surface area (Å²) < 4.78 is 5.02. The van der Waals surface area contributed by atoms with Crippen molar-refractivity contribution in [1.82, 2.24) is 4.90 Å². The van der Waals surface area contributed by atoms with Crippen molar-refractivity contribution in [2.24, 2.45) is 11.1 Å². The minimum Gasteiger partial charge on any atom is -0.465 e. The molecule has 1 aliphatic rings. The average Bonchev–Trinajstić information content (AvgIpc) is 2.48. The van der Waals surface area contributed by atoms with Crippen LogP contribution < -0.4 is 5.73 Å². The molecule has 0 amide bonds. The molecule has 1 fully saturated rings. The number of nitrogens with zero attached hydrogens (tertiary/aromatic N) is 1. The molecular weight excluding hydrogens is 240 g/mol. The second kappa shape index (κ2) is 6.71. The zero-order valence-corrected chi connectivity index (χ0v) is 13.0. The second-order valence-corrected chi connectivity index (χ2v) is 6.75. The molecule has 4 nitrogen and oxygen atoms in total. The molecule has 4 heteroatoms. The van der Waals surface area contributed by atoms with Crippen molar-refractivity contribution < 1.29 is 9.53 Å². The van der Waals surface area contributed by atoms with Crippen LogP contribution >= 0.6 is 0 Å². The topological polar surface area (TPSA) is 55.6 Å². The van der Waals surface area contributed by atoms with E-state index in [4.69, 9.17) is 10.5 Å². The lowest BCUT2D eigenvalue weighted by atomic mass is 9.85. The first-order valence-corrected chi connectivity index (χ1v) is 7.45. The maximum atomic E-state index is 11.7. The first-order chi connectivity index (χ1) is 8.77. The number of carbonyl (C=O) groups excluding carboxylic acids is 1. The molecule has 0 aromatic heterocycles. The van der Waals surface area contributed by atoms with Crippen LogP contribution in [0.3, 0.4) is 0 Å². The van der Waals surface area contributed by atoms with Gasteiger partial charge in [-0.2, -0.15) is 0 Å². The maximum Gasteiger partial charge on any atom is 0.325 e. The van der Waals surface area contributed by atoms with Gasteiger partial charge in [-0.3, -0.25) is 4.79 Å². The molecule has 1 heterocycles. The number of esters is 1. The van der Waals surface area contributed by atoms with Crippen molar-refractivity contribution in [2.45, 2.75) is 58.9 Å². The fraction of sp³-hybridized carbons (Fsp3) is 0.933. The zero-order valence-electron chi connectivity index (χ0n) is 13.0. The number of rotatable bonds is 5. The van der Waals surface area contributed by atoms with E-state index in [1.807, 2.05) is 6.92 Å². The predicted molar refractivity (Wildman–Crippen MR) is 77.9 cm³/mol. The molecule has 1 saturated heterocycles. The van der Waals surface area contributed by atoms with Crippen LogP contribution in [0.1, 0.15) is 53.4 Å². The standard InChI is InChI=1S/C15H30N2O2/c1-5-19-13(18)15(4,16)9-12-17-10-6-7-14(2,3)8-11-17/h5-12,16H2,1-4H3. The van der Waals surface area contributed by atoms with Crippen LogP contribution in [0.2, 0.25) is 0 Å². The van der Waals surface area contributed by atoms with Crippen molar-refractivity contribution in [3.05, 3.63) is 0 Å². The van der Waals surface area contributed by atoms with Crippen LogP contribution in [0.25, 0.3) is 0 Å². The Labute approximate surface area is 117 Å². The zero-order chi connectivity index (χ0) is 14.5. The Morgan fingerprint density at radius 2 is 2.05 bits per heavy atom. The normalized spacial score (nSPS) is 23.4. The molecule has 1 unspecified atom stereocenters. The Morgan fingerprint density at radius 1 is 1.37 bits per heavy atom. The van der Waals surface area contributed by atoms with E-state index in [-0.39, 0.29) is 5.97 Å². The summed E-state index contributed by atoms with van der Waals surface area (Å²) in [6, 6.07) is 0. The predicted octanol–water partition coefficient (Wildman–Crippen LogP) is 2.17. The molecule has 0 bridgehead atoms. The fourth-order valence-corrected chi connectivity index (χ4v) is 2.49. The minimum atomic E-state index is -0.863. The van der Waals surface area contributed by atoms with Gasteiger partial charge in [0.1, 0.15) is 5.54 Å². The van der Waals surface area contributed by atoms with Crippen molar-refractivity contribution >= 4 is 5.97 Å². The number of ether oxygens (including phenoxy) is 1. The molecule has 0 spiro atoms. The molecule has 112 valence electrons. The van der Waals surface area contributed by atoms with Crippen LogP contribution in [0, 0.1) is 5.41 Å². The van der Waals surface area contributed by atoms with Crippen LogP contribution in [0.5, 0.6) is 0 Å². The van der Waals surface area contributed by atoms with Gasteiger partial charge in [-0.25, -0.2) is 0 Å². The van der Waals surface area contributed by atoms with Crippen molar-refractivity contribution in [1.29, 1.82) is 0 Å². The van der Waals surface area contributed by atoms with E-state index in [1.54, 1.807) is 6.92 Å². The van der Waals surface area contributed by atoms with Crippen molar-refractivity contribution in [2.75, 3.05) is 26.2 Å². The molecule has 19 heavy (non-hydrogen) atoms. The quantitative estimate of drug-likeness (QED) is 0.778. The van der Waals surface area contributed by atoms with Gasteiger partial charge in [0.15, 0.2) is 0 Å². The van der Waals surface area contributed by atoms with Crippen molar-refractivity contribution in [3.63, 3.8) is 0 Å². The molecule has 1 aliphatic heterocycles. The van der Waals surface area contributed by atoms with E-state index in [0.717, 1.165) is 19.6 Å². The monoisotopic (exact) mass is 270 g/mol. The molecule has 0 radical (unpaired) electrons. The Kier molecular flexibility index (Phi) is 5.81. The summed E-state index contributed by atoms with van der Waals surface area (Å²) in [7, 11) is 0. The molecule has 0 saturated carbocycles. The van der Waals surface area contributed by atoms with Crippen LogP contribution in [-0.2, 0) is 9.53 Å². The highest BCUT2D eigenvalue weighted by Gasteiger charge is 2.31. The number of hydrogen-bond acceptors (Lipinski definition) is 4. The second-order valence-electron chi connectivity index (χ2n) is 6.75. The lowest BCUT2D eigenvalue weighted by Gasteiger charge is -2.27. The molecule has 0 aromatic rings. The smallest absolute Gasteiger partial charge is 0.325 e. The van der Waals surface area contributed by atoms with Crippen molar-refractivity contribution in [3.8, 4) is 0 Å². The molecule has 0 aromatic carbocycles. The third kappa shape index (κ3) is 5.49. The van der Waals surface area contributed by atoms with Gasteiger partial charge >= 0.3 is 5.97 Å². The van der Waals surface area contributed by atoms with Gasteiger partial charge in [0.05, 0.1) is 6.61 Å². The average molecular weight is 270 g/mol. The Balaban J connectivity index is 2.41. The minimum absolute atomic E-state index is 0.287. The first-order valence-electron chi connectivity index (χ1n) is 7.45. The molecule has 1 atom stereocenters. The molecular formula is C15H30N2O2. The van der Waals surface area contributed by atoms with E-state index in [9.17, 15) is 4.79 Å². The summed E-state index contributed by atoms with van der Waals surface area (Å²) in [5, 5.41) is 0. The summed E-state index contributed by atoms with van der Waals surface area (Å²) in [6.45, 7) is 11.7. The summed E-state index contributed by atoms with van der Waals surface area (Å²) in [6.07, 6.45) is 4.38. The van der Waals surface area contributed by atoms with E-state index in [0.29, 0.717) is 18.4 Å². The fourth-order valence-electron chi connectivity index (χ4n) is 2.49. The first kappa shape index (κ1) is 16.4. The number of likely N-dealkylation sites (tertiary alicyclic amines) is 1. The lowest BCUT2D eigenvalue weighted by Crippen LogP contribution is -2.48. The van der Waals surface area contributed by atoms with Crippen LogP contribution in [0.4, 0.5) is 0 Å². The van der Waals surface area contributed by atoms with Gasteiger partial charge in [0, 0.05) is 6.54 Å². The van der Waals surface area contributed by atoms with Gasteiger partial charge in [0.2, 0.25) is 0 Å². The van der Waals surface area contributed by atoms with E-state index in [1.165, 1.54) is 19.3 Å². The maximum absolute atomic E-state index is 11.7. The Bertz CT molecular complexity index is 301. The number of carbonyl (C=O) groups is 1. The van der Waals surface area contributed by atoms with Gasteiger partial charge in [0.25, 0.3) is 0 Å². The van der Waals surface area contributed by atoms with E-state index < -0.39 is 5.54 Å². The summed E-state index contributed by atoms with van der Waals surface area (Å²) in [5.74, 6) is -0.287. The molecule has 2 N–H and O–H groups in total. The highest BCUT2D eigenvalue weighted by Crippen LogP contribution is 2.29. The number of nitrogens with two attached hydrogens (primary N) is 1. The van der Waals surface area contributed by atoms with Gasteiger partial charge in [-0.15, -0.1) is 0 Å². The highest BCUT2D eigenvalue weighted by molar-refractivity contribution is 5.79. The van der Waals surface area contributed by atoms with Gasteiger partial charge < -0.3 is 15.4 Å². The third-order valence-electron chi connectivity index (χ3n) is 4.12. The van der Waals surface area contributed by atoms with Gasteiger partial charge in [-0.1, -0.05) is 13.8 Å². The largest absolute Gasteiger partial charge is 0.465 e. The third-order valence-corrected chi connectivity index (χ3v) is 4.12. The molecule has 1 rings (SSSR count). The Morgan fingerprint density at radius 3 is 2.68 bits per heavy atom. The van der Waals surface area contributed by atoms with E-state index in [2.05, 4.69) is 18.7 Å². The summed E-state index contributed by atoms with van der Waals surface area (Å²) in [4.78, 5) is 14.2. The number of hydrogen-bond donors (Lipinski definition) is 1. The van der Waals surface area contributed by atoms with Crippen LogP contribution in [-0.4, -0.2) is 42.6 Å². The lowest BCUT2D eigenvalue weighted by molar-refractivity contribution is -0.149. The highest BCUT2D eigenvalue weighted by atomic mass is 16.5. The van der Waals surface area contributed by atoms with E-state index >= 15 is 0 Å². The van der Waals surface area contributed by atoms with Gasteiger partial charge in [-0.05, 0) is 58.0 Å². The Hall–Kier alpha value is -0.610. The van der Waals surface area contributed by atoms with Crippen LogP contribution in [0.15, 0.2) is 0 Å². The SMILES string of the molecule is CCOC(=O)C(C)(N)CCN1CCCC(C)(C)CC1. The molecule has 0 aliphatic carbocycles. The summed E-state index contributed by atoms with van der Waals surface area (Å²) in [5.41, 5.74) is 5.64. The summed E-state index contributed by atoms with van der Waals surface area (Å²) >= 11 is 0.